The van der Waals surface area contributed by atoms with Crippen molar-refractivity contribution in [2.24, 2.45) is 11.3 Å². The molecule has 0 aromatic heterocycles. The molecule has 1 fully saturated rings. The van der Waals surface area contributed by atoms with Gasteiger partial charge in [-0.25, -0.2) is 0 Å². The summed E-state index contributed by atoms with van der Waals surface area (Å²) in [5.74, 6) is 2.00. The Balaban J connectivity index is 1.66. The zero-order valence-corrected chi connectivity index (χ0v) is 14.5. The van der Waals surface area contributed by atoms with Gasteiger partial charge in [-0.1, -0.05) is 26.8 Å². The molecule has 1 aliphatic carbocycles. The van der Waals surface area contributed by atoms with Gasteiger partial charge in [-0.05, 0) is 42.9 Å². The van der Waals surface area contributed by atoms with Gasteiger partial charge in [-0.15, -0.1) is 0 Å². The summed E-state index contributed by atoms with van der Waals surface area (Å²) < 4.78 is 11.3. The molecule has 0 amide bonds. The molecule has 2 aliphatic rings. The van der Waals surface area contributed by atoms with Crippen LogP contribution in [0.2, 0.25) is 0 Å². The molecule has 0 spiro atoms. The number of rotatable bonds is 7. The monoisotopic (exact) mass is 319 g/mol. The average molecular weight is 319 g/mol. The lowest BCUT2D eigenvalue weighted by molar-refractivity contribution is 0.0488. The van der Waals surface area contributed by atoms with Crippen LogP contribution in [0.25, 0.3) is 0 Å². The summed E-state index contributed by atoms with van der Waals surface area (Å²) in [7, 11) is 0. The molecule has 128 valence electrons. The van der Waals surface area contributed by atoms with E-state index in [4.69, 9.17) is 9.47 Å². The van der Waals surface area contributed by atoms with Crippen LogP contribution in [0.5, 0.6) is 11.5 Å². The molecule has 2 N–H and O–H groups in total. The Kier molecular flexibility index (Phi) is 4.83. The first-order valence-electron chi connectivity index (χ1n) is 8.87. The van der Waals surface area contributed by atoms with Gasteiger partial charge in [0.2, 0.25) is 0 Å². The first kappa shape index (κ1) is 16.6. The Morgan fingerprint density at radius 3 is 2.48 bits per heavy atom. The van der Waals surface area contributed by atoms with E-state index in [1.54, 1.807) is 0 Å². The van der Waals surface area contributed by atoms with E-state index in [1.165, 1.54) is 5.56 Å². The fourth-order valence-electron chi connectivity index (χ4n) is 3.55. The number of fused-ring (bicyclic) bond motifs is 1. The SMILES string of the molecule is CCC(NCC1(C(O)C(C)C)CC1)c1ccc2c(c1)OCCO2. The Bertz CT molecular complexity index is 539. The van der Waals surface area contributed by atoms with Crippen LogP contribution in [0.3, 0.4) is 0 Å². The normalized spacial score (nSPS) is 21.1. The van der Waals surface area contributed by atoms with Gasteiger partial charge in [0.25, 0.3) is 0 Å². The van der Waals surface area contributed by atoms with Crippen molar-refractivity contribution in [1.29, 1.82) is 0 Å². The molecule has 0 bridgehead atoms. The predicted octanol–water partition coefficient (Wildman–Crippen LogP) is 3.30. The van der Waals surface area contributed by atoms with Crippen LogP contribution in [0, 0.1) is 11.3 Å². The summed E-state index contributed by atoms with van der Waals surface area (Å²) in [5.41, 5.74) is 1.31. The summed E-state index contributed by atoms with van der Waals surface area (Å²) in [6.45, 7) is 8.50. The van der Waals surface area contributed by atoms with Crippen molar-refractivity contribution in [3.05, 3.63) is 23.8 Å². The highest BCUT2D eigenvalue weighted by atomic mass is 16.6. The first-order valence-corrected chi connectivity index (χ1v) is 8.87. The summed E-state index contributed by atoms with van der Waals surface area (Å²) >= 11 is 0. The van der Waals surface area contributed by atoms with Gasteiger partial charge >= 0.3 is 0 Å². The minimum Gasteiger partial charge on any atom is -0.486 e. The van der Waals surface area contributed by atoms with E-state index in [9.17, 15) is 5.11 Å². The van der Waals surface area contributed by atoms with E-state index in [1.807, 2.05) is 6.07 Å². The second-order valence-electron chi connectivity index (χ2n) is 7.30. The molecule has 0 radical (unpaired) electrons. The van der Waals surface area contributed by atoms with Crippen molar-refractivity contribution in [3.63, 3.8) is 0 Å². The van der Waals surface area contributed by atoms with Crippen LogP contribution in [0.15, 0.2) is 18.2 Å². The van der Waals surface area contributed by atoms with Crippen LogP contribution in [0.1, 0.15) is 51.6 Å². The lowest BCUT2D eigenvalue weighted by atomic mass is 9.89. The standard InChI is InChI=1S/C19H29NO3/c1-4-15(20-12-19(7-8-19)18(21)13(2)3)14-5-6-16-17(11-14)23-10-9-22-16/h5-6,11,13,15,18,20-21H,4,7-10,12H2,1-3H3. The Morgan fingerprint density at radius 2 is 1.87 bits per heavy atom. The van der Waals surface area contributed by atoms with Gasteiger partial charge in [-0.2, -0.15) is 0 Å². The van der Waals surface area contributed by atoms with E-state index < -0.39 is 0 Å². The second kappa shape index (κ2) is 6.70. The Hall–Kier alpha value is -1.26. The number of hydrogen-bond donors (Lipinski definition) is 2. The fraction of sp³-hybridized carbons (Fsp3) is 0.684. The average Bonchev–Trinajstić information content (AvgIpc) is 3.35. The van der Waals surface area contributed by atoms with Crippen LogP contribution < -0.4 is 14.8 Å². The maximum Gasteiger partial charge on any atom is 0.161 e. The summed E-state index contributed by atoms with van der Waals surface area (Å²) in [6.07, 6.45) is 3.04. The van der Waals surface area contributed by atoms with Crippen LogP contribution >= 0.6 is 0 Å². The topological polar surface area (TPSA) is 50.7 Å². The first-order chi connectivity index (χ1) is 11.1. The quantitative estimate of drug-likeness (QED) is 0.810. The second-order valence-corrected chi connectivity index (χ2v) is 7.30. The van der Waals surface area contributed by atoms with Crippen LogP contribution in [-0.2, 0) is 0 Å². The third-order valence-electron chi connectivity index (χ3n) is 5.23. The molecule has 1 aromatic rings. The highest BCUT2D eigenvalue weighted by Gasteiger charge is 2.49. The van der Waals surface area contributed by atoms with Gasteiger partial charge in [0.05, 0.1) is 6.10 Å². The molecule has 3 rings (SSSR count). The van der Waals surface area contributed by atoms with Crippen LogP contribution in [-0.4, -0.2) is 31.0 Å². The molecule has 1 aromatic carbocycles. The molecular weight excluding hydrogens is 290 g/mol. The number of aliphatic hydroxyl groups excluding tert-OH is 1. The van der Waals surface area contributed by atoms with Crippen LogP contribution in [0.4, 0.5) is 0 Å². The molecule has 4 nitrogen and oxygen atoms in total. The summed E-state index contributed by atoms with van der Waals surface area (Å²) in [4.78, 5) is 0. The summed E-state index contributed by atoms with van der Waals surface area (Å²) in [5, 5.41) is 14.1. The van der Waals surface area contributed by atoms with E-state index in [0.29, 0.717) is 19.1 Å². The predicted molar refractivity (Wildman–Crippen MR) is 91.0 cm³/mol. The van der Waals surface area contributed by atoms with Crippen molar-refractivity contribution in [1.82, 2.24) is 5.32 Å². The minimum atomic E-state index is -0.215. The number of hydrogen-bond acceptors (Lipinski definition) is 4. The molecule has 1 heterocycles. The lowest BCUT2D eigenvalue weighted by Gasteiger charge is -2.29. The van der Waals surface area contributed by atoms with Crippen molar-refractivity contribution in [2.75, 3.05) is 19.8 Å². The smallest absolute Gasteiger partial charge is 0.161 e. The fourth-order valence-corrected chi connectivity index (χ4v) is 3.55. The molecule has 1 saturated carbocycles. The zero-order chi connectivity index (χ0) is 16.4. The van der Waals surface area contributed by atoms with Gasteiger partial charge in [0.15, 0.2) is 11.5 Å². The zero-order valence-electron chi connectivity index (χ0n) is 14.5. The molecular formula is C19H29NO3. The largest absolute Gasteiger partial charge is 0.486 e. The van der Waals surface area contributed by atoms with E-state index in [0.717, 1.165) is 37.3 Å². The molecule has 0 saturated heterocycles. The number of nitrogens with one attached hydrogen (secondary N) is 1. The van der Waals surface area contributed by atoms with Gasteiger partial charge < -0.3 is 19.9 Å². The molecule has 2 atom stereocenters. The van der Waals surface area contributed by atoms with Crippen molar-refractivity contribution in [2.45, 2.75) is 52.2 Å². The third-order valence-corrected chi connectivity index (χ3v) is 5.23. The van der Waals surface area contributed by atoms with Gasteiger partial charge in [-0.3, -0.25) is 0 Å². The van der Waals surface area contributed by atoms with Crippen molar-refractivity contribution >= 4 is 0 Å². The summed E-state index contributed by atoms with van der Waals surface area (Å²) in [6, 6.07) is 6.49. The molecule has 23 heavy (non-hydrogen) atoms. The van der Waals surface area contributed by atoms with Crippen molar-refractivity contribution in [3.8, 4) is 11.5 Å². The molecule has 1 aliphatic heterocycles. The number of aliphatic hydroxyl groups is 1. The lowest BCUT2D eigenvalue weighted by Crippen LogP contribution is -2.37. The maximum atomic E-state index is 10.5. The van der Waals surface area contributed by atoms with Crippen molar-refractivity contribution < 1.29 is 14.6 Å². The van der Waals surface area contributed by atoms with E-state index in [2.05, 4.69) is 38.2 Å². The number of ether oxygens (including phenoxy) is 2. The highest BCUT2D eigenvalue weighted by Crippen LogP contribution is 2.50. The number of benzene rings is 1. The molecule has 2 unspecified atom stereocenters. The Morgan fingerprint density at radius 1 is 1.17 bits per heavy atom. The van der Waals surface area contributed by atoms with E-state index >= 15 is 0 Å². The van der Waals surface area contributed by atoms with Gasteiger partial charge in [0.1, 0.15) is 13.2 Å². The van der Waals surface area contributed by atoms with Gasteiger partial charge in [0, 0.05) is 18.0 Å². The maximum absolute atomic E-state index is 10.5. The minimum absolute atomic E-state index is 0.0788. The highest BCUT2D eigenvalue weighted by molar-refractivity contribution is 5.44. The molecule has 4 heteroatoms. The Labute approximate surface area is 139 Å². The van der Waals surface area contributed by atoms with E-state index in [-0.39, 0.29) is 17.6 Å². The third kappa shape index (κ3) is 3.48.